The van der Waals surface area contributed by atoms with Gasteiger partial charge in [-0.05, 0) is 87.5 Å². The monoisotopic (exact) mass is 460 g/mol. The van der Waals surface area contributed by atoms with Crippen LogP contribution in [0.15, 0.2) is 30.6 Å². The minimum atomic E-state index is 0.0875. The highest BCUT2D eigenvalue weighted by Gasteiger charge is 2.48. The Labute approximate surface area is 209 Å². The minimum absolute atomic E-state index is 0.0875. The van der Waals surface area contributed by atoms with Crippen molar-refractivity contribution >= 4 is 0 Å². The molecule has 2 aliphatic rings. The van der Waals surface area contributed by atoms with Crippen LogP contribution >= 0.6 is 0 Å². The van der Waals surface area contributed by atoms with Crippen molar-refractivity contribution in [3.05, 3.63) is 58.7 Å². The molecule has 0 bridgehead atoms. The molecule has 4 rings (SSSR count). The molecule has 0 fully saturated rings. The van der Waals surface area contributed by atoms with E-state index < -0.39 is 0 Å². The smallest absolute Gasteiger partial charge is 0.0475 e. The van der Waals surface area contributed by atoms with Crippen LogP contribution in [0.5, 0.6) is 0 Å². The fourth-order valence-electron chi connectivity index (χ4n) is 7.30. The fraction of sp³-hybridized carbons (Fsp3) is 0.688. The Morgan fingerprint density at radius 3 is 1.91 bits per heavy atom. The van der Waals surface area contributed by atoms with Crippen LogP contribution in [0.2, 0.25) is 0 Å². The Morgan fingerprint density at radius 1 is 0.735 bits per heavy atom. The lowest BCUT2D eigenvalue weighted by Crippen LogP contribution is -2.35. The highest BCUT2D eigenvalue weighted by molar-refractivity contribution is 5.39. The molecule has 2 nitrogen and oxygen atoms in total. The van der Waals surface area contributed by atoms with Gasteiger partial charge in [-0.25, -0.2) is 0 Å². The zero-order chi connectivity index (χ0) is 25.3. The Morgan fingerprint density at radius 2 is 1.32 bits per heavy atom. The molecule has 0 saturated heterocycles. The third kappa shape index (κ3) is 4.59. The number of nitrogens with zero attached hydrogens (tertiary/aromatic N) is 2. The molecule has 2 aromatic rings. The molecule has 2 aromatic heterocycles. The molecule has 4 unspecified atom stereocenters. The Kier molecular flexibility index (Phi) is 6.10. The number of hydrogen-bond acceptors (Lipinski definition) is 2. The zero-order valence-electron chi connectivity index (χ0n) is 23.7. The maximum absolute atomic E-state index is 5.11. The first-order valence-electron chi connectivity index (χ1n) is 13.4. The minimum Gasteiger partial charge on any atom is -0.261 e. The van der Waals surface area contributed by atoms with Crippen molar-refractivity contribution in [3.8, 4) is 0 Å². The summed E-state index contributed by atoms with van der Waals surface area (Å²) in [5, 5.41) is 0. The summed E-state index contributed by atoms with van der Waals surface area (Å²) in [5.74, 6) is 2.26. The van der Waals surface area contributed by atoms with Gasteiger partial charge in [0.1, 0.15) is 0 Å². The SMILES string of the molecule is CC(C)(C)C1Cc2cc(CC(C)(C)C3c4ncccc4CC3C(C)(C)C)ncc2C1C(C)(C)C. The van der Waals surface area contributed by atoms with Gasteiger partial charge in [-0.15, -0.1) is 0 Å². The maximum atomic E-state index is 5.11. The van der Waals surface area contributed by atoms with E-state index in [2.05, 4.69) is 101 Å². The summed E-state index contributed by atoms with van der Waals surface area (Å²) < 4.78 is 0. The van der Waals surface area contributed by atoms with Crippen LogP contribution in [0.4, 0.5) is 0 Å². The first-order valence-corrected chi connectivity index (χ1v) is 13.4. The molecule has 34 heavy (non-hydrogen) atoms. The van der Waals surface area contributed by atoms with Gasteiger partial charge in [-0.3, -0.25) is 9.97 Å². The second kappa shape index (κ2) is 8.17. The van der Waals surface area contributed by atoms with Gasteiger partial charge in [-0.1, -0.05) is 82.2 Å². The molecule has 0 N–H and O–H groups in total. The number of aromatic nitrogens is 2. The van der Waals surface area contributed by atoms with Crippen molar-refractivity contribution in [2.45, 2.75) is 107 Å². The molecule has 2 heterocycles. The third-order valence-electron chi connectivity index (χ3n) is 8.96. The maximum Gasteiger partial charge on any atom is 0.0475 e. The summed E-state index contributed by atoms with van der Waals surface area (Å²) in [5.41, 5.74) is 7.92. The van der Waals surface area contributed by atoms with E-state index in [4.69, 9.17) is 9.97 Å². The first kappa shape index (κ1) is 25.4. The van der Waals surface area contributed by atoms with Gasteiger partial charge in [0.2, 0.25) is 0 Å². The van der Waals surface area contributed by atoms with Gasteiger partial charge < -0.3 is 0 Å². The predicted molar refractivity (Wildman–Crippen MR) is 144 cm³/mol. The van der Waals surface area contributed by atoms with Crippen LogP contribution in [0.3, 0.4) is 0 Å². The van der Waals surface area contributed by atoms with Crippen molar-refractivity contribution in [1.82, 2.24) is 9.97 Å². The van der Waals surface area contributed by atoms with E-state index in [0.717, 1.165) is 12.8 Å². The Hall–Kier alpha value is -1.70. The van der Waals surface area contributed by atoms with Gasteiger partial charge in [0.25, 0.3) is 0 Å². The molecule has 0 saturated carbocycles. The summed E-state index contributed by atoms with van der Waals surface area (Å²) in [6.07, 6.45) is 7.53. The predicted octanol–water partition coefficient (Wildman–Crippen LogP) is 8.40. The second-order valence-corrected chi connectivity index (χ2v) is 15.3. The molecule has 4 atom stereocenters. The normalized spacial score (nSPS) is 25.4. The number of pyridine rings is 2. The van der Waals surface area contributed by atoms with Crippen LogP contribution in [-0.2, 0) is 19.3 Å². The van der Waals surface area contributed by atoms with Gasteiger partial charge >= 0.3 is 0 Å². The Balaban J connectivity index is 1.68. The molecule has 0 spiro atoms. The standard InChI is InChI=1S/C32H48N2/c1-29(2,3)24-17-21-15-22(34-19-23(21)26(24)31(7,8)9)18-32(10,11)27-25(30(4,5)6)16-20-13-12-14-33-28(20)27/h12-15,19,24-27H,16-18H2,1-11H3. The zero-order valence-corrected chi connectivity index (χ0v) is 23.7. The van der Waals surface area contributed by atoms with Crippen LogP contribution in [0.25, 0.3) is 0 Å². The largest absolute Gasteiger partial charge is 0.261 e. The van der Waals surface area contributed by atoms with Gasteiger partial charge in [0.15, 0.2) is 0 Å². The molecule has 186 valence electrons. The fourth-order valence-corrected chi connectivity index (χ4v) is 7.30. The van der Waals surface area contributed by atoms with E-state index in [9.17, 15) is 0 Å². The molecule has 2 aliphatic carbocycles. The van der Waals surface area contributed by atoms with Crippen molar-refractivity contribution in [1.29, 1.82) is 0 Å². The quantitative estimate of drug-likeness (QED) is 0.459. The van der Waals surface area contributed by atoms with E-state index in [1.807, 2.05) is 6.20 Å². The molecule has 0 radical (unpaired) electrons. The van der Waals surface area contributed by atoms with E-state index in [-0.39, 0.29) is 21.7 Å². The van der Waals surface area contributed by atoms with Crippen LogP contribution in [0.1, 0.15) is 116 Å². The van der Waals surface area contributed by atoms with Crippen molar-refractivity contribution in [3.63, 3.8) is 0 Å². The molecule has 0 amide bonds. The molecular formula is C32H48N2. The van der Waals surface area contributed by atoms with Crippen molar-refractivity contribution in [2.24, 2.45) is 33.5 Å². The van der Waals surface area contributed by atoms with E-state index in [0.29, 0.717) is 23.7 Å². The number of hydrogen-bond donors (Lipinski definition) is 0. The van der Waals surface area contributed by atoms with E-state index >= 15 is 0 Å². The lowest BCUT2D eigenvalue weighted by Gasteiger charge is -2.41. The molecule has 0 aliphatic heterocycles. The lowest BCUT2D eigenvalue weighted by atomic mass is 9.63. The second-order valence-electron chi connectivity index (χ2n) is 15.3. The summed E-state index contributed by atoms with van der Waals surface area (Å²) in [6.45, 7) is 26.6. The molecule has 0 aromatic carbocycles. The topological polar surface area (TPSA) is 25.8 Å². The average Bonchev–Trinajstić information content (AvgIpc) is 3.26. The van der Waals surface area contributed by atoms with Crippen LogP contribution in [0, 0.1) is 33.5 Å². The highest BCUT2D eigenvalue weighted by Crippen LogP contribution is 2.56. The highest BCUT2D eigenvalue weighted by atomic mass is 14.7. The molecular weight excluding hydrogens is 412 g/mol. The van der Waals surface area contributed by atoms with Gasteiger partial charge in [0, 0.05) is 29.7 Å². The summed E-state index contributed by atoms with van der Waals surface area (Å²) in [6, 6.07) is 6.86. The third-order valence-corrected chi connectivity index (χ3v) is 8.96. The number of fused-ring (bicyclic) bond motifs is 2. The van der Waals surface area contributed by atoms with Crippen LogP contribution < -0.4 is 0 Å². The Bertz CT molecular complexity index is 1040. The number of rotatable bonds is 3. The first-order chi connectivity index (χ1) is 15.5. The van der Waals surface area contributed by atoms with Gasteiger partial charge in [0.05, 0.1) is 0 Å². The summed E-state index contributed by atoms with van der Waals surface area (Å²) in [7, 11) is 0. The lowest BCUT2D eigenvalue weighted by molar-refractivity contribution is 0.127. The average molecular weight is 461 g/mol. The van der Waals surface area contributed by atoms with Crippen molar-refractivity contribution in [2.75, 3.05) is 0 Å². The van der Waals surface area contributed by atoms with Gasteiger partial charge in [-0.2, -0.15) is 0 Å². The molecule has 2 heteroatoms. The van der Waals surface area contributed by atoms with E-state index in [1.165, 1.54) is 34.5 Å². The van der Waals surface area contributed by atoms with Crippen LogP contribution in [-0.4, -0.2) is 9.97 Å². The van der Waals surface area contributed by atoms with Crippen molar-refractivity contribution < 1.29 is 0 Å². The van der Waals surface area contributed by atoms with E-state index in [1.54, 1.807) is 0 Å². The summed E-state index contributed by atoms with van der Waals surface area (Å²) in [4.78, 5) is 10.0. The summed E-state index contributed by atoms with van der Waals surface area (Å²) >= 11 is 0.